The molecule has 1 unspecified atom stereocenters. The molecule has 1 aromatic heterocycles. The number of aromatic nitrogens is 1. The Kier molecular flexibility index (Phi) is 5.59. The summed E-state index contributed by atoms with van der Waals surface area (Å²) in [7, 11) is 1.40. The zero-order chi connectivity index (χ0) is 23.0. The molecule has 11 heteroatoms. The van der Waals surface area contributed by atoms with Gasteiger partial charge in [-0.3, -0.25) is 9.88 Å². The number of ether oxygens (including phenoxy) is 3. The van der Waals surface area contributed by atoms with Gasteiger partial charge >= 0.3 is 18.3 Å². The van der Waals surface area contributed by atoms with E-state index in [1.807, 2.05) is 6.07 Å². The molecule has 0 aliphatic carbocycles. The quantitative estimate of drug-likeness (QED) is 0.698. The highest BCUT2D eigenvalue weighted by Gasteiger charge is 2.55. The summed E-state index contributed by atoms with van der Waals surface area (Å²) >= 11 is 0. The van der Waals surface area contributed by atoms with E-state index < -0.39 is 42.5 Å². The van der Waals surface area contributed by atoms with Gasteiger partial charge < -0.3 is 24.6 Å². The summed E-state index contributed by atoms with van der Waals surface area (Å²) in [5.74, 6) is -1.87. The van der Waals surface area contributed by atoms with Crippen molar-refractivity contribution in [3.8, 4) is 11.5 Å². The Labute approximate surface area is 181 Å². The third-order valence-electron chi connectivity index (χ3n) is 5.53. The average molecular weight is 449 g/mol. The highest BCUT2D eigenvalue weighted by molar-refractivity contribution is 5.85. The number of amides is 2. The molecular formula is C21H21F2N3O6. The number of carbonyl (C=O) groups is 2. The number of methoxy groups -OCH3 is 1. The first-order valence-electron chi connectivity index (χ1n) is 9.83. The Bertz CT molecular complexity index is 1020. The van der Waals surface area contributed by atoms with Crippen LogP contribution in [0.3, 0.4) is 0 Å². The molecule has 0 saturated carbocycles. The number of aliphatic carboxylic acids is 1. The minimum atomic E-state index is -3.74. The first-order valence-corrected chi connectivity index (χ1v) is 9.83. The van der Waals surface area contributed by atoms with E-state index in [-0.39, 0.29) is 11.5 Å². The second-order valence-electron chi connectivity index (χ2n) is 7.59. The molecule has 9 nitrogen and oxygen atoms in total. The Morgan fingerprint density at radius 3 is 2.72 bits per heavy atom. The van der Waals surface area contributed by atoms with Crippen LogP contribution in [0.2, 0.25) is 0 Å². The van der Waals surface area contributed by atoms with Gasteiger partial charge in [0, 0.05) is 25.4 Å². The minimum Gasteiger partial charge on any atom is -0.480 e. The number of urea groups is 1. The number of pyridine rings is 1. The summed E-state index contributed by atoms with van der Waals surface area (Å²) in [6, 6.07) is 5.37. The van der Waals surface area contributed by atoms with Crippen LogP contribution in [0, 0.1) is 5.92 Å². The summed E-state index contributed by atoms with van der Waals surface area (Å²) in [6.45, 7) is 1.64. The van der Waals surface area contributed by atoms with Crippen molar-refractivity contribution >= 4 is 12.0 Å². The van der Waals surface area contributed by atoms with Crippen molar-refractivity contribution in [1.29, 1.82) is 0 Å². The van der Waals surface area contributed by atoms with E-state index in [4.69, 9.17) is 4.74 Å². The number of hydrogen-bond acceptors (Lipinski definition) is 6. The van der Waals surface area contributed by atoms with Crippen LogP contribution in [0.1, 0.15) is 24.1 Å². The molecular weight excluding hydrogens is 428 g/mol. The number of carboxylic acid groups (broad SMARTS) is 1. The van der Waals surface area contributed by atoms with E-state index >= 15 is 0 Å². The third kappa shape index (κ3) is 4.03. The summed E-state index contributed by atoms with van der Waals surface area (Å²) in [5.41, 5.74) is 1.31. The number of fused-ring (bicyclic) bond motifs is 1. The summed E-state index contributed by atoms with van der Waals surface area (Å²) in [5, 5.41) is 12.4. The van der Waals surface area contributed by atoms with E-state index in [0.717, 1.165) is 10.5 Å². The van der Waals surface area contributed by atoms with Crippen LogP contribution in [-0.2, 0) is 16.0 Å². The molecule has 2 aliphatic heterocycles. The average Bonchev–Trinajstić information content (AvgIpc) is 3.04. The lowest BCUT2D eigenvalue weighted by atomic mass is 9.81. The second-order valence-corrected chi connectivity index (χ2v) is 7.59. The number of likely N-dealkylation sites (tertiary alicyclic amines) is 1. The summed E-state index contributed by atoms with van der Waals surface area (Å²) < 4.78 is 40.7. The molecule has 32 heavy (non-hydrogen) atoms. The van der Waals surface area contributed by atoms with Gasteiger partial charge in [-0.15, -0.1) is 8.78 Å². The lowest BCUT2D eigenvalue weighted by Gasteiger charge is -2.51. The number of carboxylic acids is 1. The summed E-state index contributed by atoms with van der Waals surface area (Å²) in [4.78, 5) is 30.0. The SMILES string of the molecule is COC1[C@H](Cc2cccnc2)[C@@H](C(=O)O)N1C(=O)N[C@H](C)c1ccc2c(c1)OC(F)(F)O2. The van der Waals surface area contributed by atoms with Gasteiger partial charge in [0.05, 0.1) is 6.04 Å². The van der Waals surface area contributed by atoms with E-state index in [1.165, 1.54) is 25.3 Å². The topological polar surface area (TPSA) is 110 Å². The van der Waals surface area contributed by atoms with Gasteiger partial charge in [-0.05, 0) is 42.7 Å². The number of halogens is 2. The van der Waals surface area contributed by atoms with E-state index in [2.05, 4.69) is 19.8 Å². The van der Waals surface area contributed by atoms with Crippen LogP contribution in [0.25, 0.3) is 0 Å². The van der Waals surface area contributed by atoms with Gasteiger partial charge in [-0.1, -0.05) is 12.1 Å². The van der Waals surface area contributed by atoms with Crippen molar-refractivity contribution in [2.45, 2.75) is 38.0 Å². The van der Waals surface area contributed by atoms with Crippen LogP contribution >= 0.6 is 0 Å². The molecule has 2 aromatic rings. The Morgan fingerprint density at radius 2 is 2.06 bits per heavy atom. The molecule has 2 aliphatic rings. The third-order valence-corrected chi connectivity index (χ3v) is 5.53. The number of alkyl halides is 2. The summed E-state index contributed by atoms with van der Waals surface area (Å²) in [6.07, 6.45) is -0.864. The zero-order valence-corrected chi connectivity index (χ0v) is 17.2. The van der Waals surface area contributed by atoms with Crippen LogP contribution in [-0.4, -0.2) is 52.7 Å². The zero-order valence-electron chi connectivity index (χ0n) is 17.2. The van der Waals surface area contributed by atoms with Crippen molar-refractivity contribution in [3.05, 3.63) is 53.9 Å². The molecule has 4 atom stereocenters. The van der Waals surface area contributed by atoms with E-state index in [0.29, 0.717) is 12.0 Å². The van der Waals surface area contributed by atoms with Gasteiger partial charge in [0.25, 0.3) is 0 Å². The fourth-order valence-corrected chi connectivity index (χ4v) is 4.04. The highest BCUT2D eigenvalue weighted by Crippen LogP contribution is 2.42. The van der Waals surface area contributed by atoms with E-state index in [9.17, 15) is 23.5 Å². The molecule has 2 N–H and O–H groups in total. The molecule has 170 valence electrons. The lowest BCUT2D eigenvalue weighted by Crippen LogP contribution is -2.71. The molecule has 0 bridgehead atoms. The fourth-order valence-electron chi connectivity index (χ4n) is 4.04. The number of carbonyl (C=O) groups excluding carboxylic acids is 1. The van der Waals surface area contributed by atoms with Crippen molar-refractivity contribution in [3.63, 3.8) is 0 Å². The van der Waals surface area contributed by atoms with Crippen molar-refractivity contribution in [1.82, 2.24) is 15.2 Å². The first-order chi connectivity index (χ1) is 15.2. The number of nitrogens with one attached hydrogen (secondary N) is 1. The predicted molar refractivity (Wildman–Crippen MR) is 105 cm³/mol. The maximum Gasteiger partial charge on any atom is 0.586 e. The number of benzene rings is 1. The Hall–Kier alpha value is -3.47. The first kappa shape index (κ1) is 21.8. The maximum atomic E-state index is 13.2. The van der Waals surface area contributed by atoms with Crippen LogP contribution in [0.5, 0.6) is 11.5 Å². The standard InChI is InChI=1S/C21H21F2N3O6/c1-11(13-5-6-15-16(9-13)32-21(22,23)31-15)25-20(29)26-17(19(27)28)14(18(26)30-2)8-12-4-3-7-24-10-12/h3-7,9-11,14,17-18H,8H2,1-2H3,(H,25,29)(H,27,28)/t11-,14-,17+,18?/m1/s1. The second kappa shape index (κ2) is 8.23. The fraction of sp³-hybridized carbons (Fsp3) is 0.381. The van der Waals surface area contributed by atoms with Crippen molar-refractivity contribution in [2.24, 2.45) is 5.92 Å². The largest absolute Gasteiger partial charge is 0.586 e. The molecule has 3 heterocycles. The molecule has 2 amide bonds. The van der Waals surface area contributed by atoms with Crippen LogP contribution in [0.4, 0.5) is 13.6 Å². The monoisotopic (exact) mass is 449 g/mol. The van der Waals surface area contributed by atoms with Crippen molar-refractivity contribution < 1.29 is 37.7 Å². The van der Waals surface area contributed by atoms with Gasteiger partial charge in [0.1, 0.15) is 12.3 Å². The Balaban J connectivity index is 1.47. The molecule has 1 aromatic carbocycles. The van der Waals surface area contributed by atoms with Crippen molar-refractivity contribution in [2.75, 3.05) is 7.11 Å². The Morgan fingerprint density at radius 1 is 1.31 bits per heavy atom. The molecule has 1 fully saturated rings. The minimum absolute atomic E-state index is 0.108. The number of rotatable bonds is 6. The smallest absolute Gasteiger partial charge is 0.480 e. The molecule has 1 saturated heterocycles. The van der Waals surface area contributed by atoms with Gasteiger partial charge in [-0.2, -0.15) is 0 Å². The molecule has 0 radical (unpaired) electrons. The van der Waals surface area contributed by atoms with Gasteiger partial charge in [0.2, 0.25) is 0 Å². The highest BCUT2D eigenvalue weighted by atomic mass is 19.3. The normalized spacial score (nSPS) is 23.9. The van der Waals surface area contributed by atoms with Crippen LogP contribution in [0.15, 0.2) is 42.7 Å². The molecule has 0 spiro atoms. The molecule has 4 rings (SSSR count). The lowest BCUT2D eigenvalue weighted by molar-refractivity contribution is -0.286. The van der Waals surface area contributed by atoms with E-state index in [1.54, 1.807) is 25.4 Å². The predicted octanol–water partition coefficient (Wildman–Crippen LogP) is 2.77. The van der Waals surface area contributed by atoms with Crippen LogP contribution < -0.4 is 14.8 Å². The number of nitrogens with zero attached hydrogens (tertiary/aromatic N) is 2. The van der Waals surface area contributed by atoms with Gasteiger partial charge in [0.15, 0.2) is 11.5 Å². The maximum absolute atomic E-state index is 13.2. The number of hydrogen-bond donors (Lipinski definition) is 2. The van der Waals surface area contributed by atoms with Gasteiger partial charge in [-0.25, -0.2) is 9.59 Å².